The fourth-order valence-electron chi connectivity index (χ4n) is 1.88. The number of halogens is 1. The van der Waals surface area contributed by atoms with Crippen molar-refractivity contribution in [3.8, 4) is 5.75 Å². The molecule has 1 aromatic carbocycles. The minimum Gasteiger partial charge on any atom is -0.506 e. The number of hydrogen-bond acceptors (Lipinski definition) is 2. The summed E-state index contributed by atoms with van der Waals surface area (Å²) in [6.07, 6.45) is 0.810. The summed E-state index contributed by atoms with van der Waals surface area (Å²) in [5.41, 5.74) is 10.2. The van der Waals surface area contributed by atoms with E-state index in [9.17, 15) is 5.11 Å². The molecule has 16 heavy (non-hydrogen) atoms. The van der Waals surface area contributed by atoms with E-state index < -0.39 is 0 Å². The van der Waals surface area contributed by atoms with Gasteiger partial charge in [0, 0.05) is 5.54 Å². The van der Waals surface area contributed by atoms with Crippen LogP contribution in [0.2, 0.25) is 0 Å². The summed E-state index contributed by atoms with van der Waals surface area (Å²) < 4.78 is 0.787. The predicted molar refractivity (Wildman–Crippen MR) is 72.0 cm³/mol. The lowest BCUT2D eigenvalue weighted by Gasteiger charge is -2.23. The van der Waals surface area contributed by atoms with Gasteiger partial charge in [-0.1, -0.05) is 0 Å². The average molecular weight is 286 g/mol. The monoisotopic (exact) mass is 285 g/mol. The molecule has 0 heterocycles. The summed E-state index contributed by atoms with van der Waals surface area (Å²) in [6.45, 7) is 10.0. The summed E-state index contributed by atoms with van der Waals surface area (Å²) in [5, 5.41) is 9.91. The lowest BCUT2D eigenvalue weighted by atomic mass is 9.88. The van der Waals surface area contributed by atoms with Crippen LogP contribution in [0.25, 0.3) is 0 Å². The van der Waals surface area contributed by atoms with Crippen LogP contribution in [0, 0.1) is 20.8 Å². The molecule has 0 fully saturated rings. The van der Waals surface area contributed by atoms with Crippen molar-refractivity contribution >= 4 is 15.9 Å². The van der Waals surface area contributed by atoms with Crippen LogP contribution in [-0.2, 0) is 6.42 Å². The molecule has 0 amide bonds. The van der Waals surface area contributed by atoms with Crippen molar-refractivity contribution in [3.63, 3.8) is 0 Å². The molecular formula is C13H20BrNO. The first-order chi connectivity index (χ1) is 7.15. The molecular weight excluding hydrogens is 266 g/mol. The topological polar surface area (TPSA) is 46.2 Å². The molecule has 3 heteroatoms. The summed E-state index contributed by atoms with van der Waals surface area (Å²) in [4.78, 5) is 0. The maximum atomic E-state index is 9.91. The Kier molecular flexibility index (Phi) is 3.70. The van der Waals surface area contributed by atoms with E-state index in [1.54, 1.807) is 0 Å². The summed E-state index contributed by atoms with van der Waals surface area (Å²) in [6, 6.07) is 0. The van der Waals surface area contributed by atoms with Gasteiger partial charge in [-0.3, -0.25) is 0 Å². The molecule has 0 atom stereocenters. The van der Waals surface area contributed by atoms with E-state index in [-0.39, 0.29) is 5.54 Å². The highest BCUT2D eigenvalue weighted by Crippen LogP contribution is 2.37. The third kappa shape index (κ3) is 2.58. The van der Waals surface area contributed by atoms with Crippen molar-refractivity contribution in [2.75, 3.05) is 0 Å². The molecule has 0 saturated heterocycles. The molecule has 0 bridgehead atoms. The fraction of sp³-hybridized carbons (Fsp3) is 0.538. The number of rotatable bonds is 2. The highest BCUT2D eigenvalue weighted by atomic mass is 79.9. The maximum absolute atomic E-state index is 9.91. The number of nitrogens with two attached hydrogens (primary N) is 1. The normalized spacial score (nSPS) is 11.9. The first-order valence-corrected chi connectivity index (χ1v) is 6.20. The molecule has 3 N–H and O–H groups in total. The van der Waals surface area contributed by atoms with Gasteiger partial charge in [-0.05, 0) is 79.2 Å². The van der Waals surface area contributed by atoms with Gasteiger partial charge in [-0.15, -0.1) is 0 Å². The van der Waals surface area contributed by atoms with Crippen molar-refractivity contribution in [1.82, 2.24) is 0 Å². The van der Waals surface area contributed by atoms with E-state index in [2.05, 4.69) is 15.9 Å². The lowest BCUT2D eigenvalue weighted by Crippen LogP contribution is -2.35. The Hall–Kier alpha value is -0.540. The zero-order valence-electron chi connectivity index (χ0n) is 10.6. The van der Waals surface area contributed by atoms with E-state index in [1.807, 2.05) is 34.6 Å². The van der Waals surface area contributed by atoms with Crippen LogP contribution in [0.3, 0.4) is 0 Å². The Morgan fingerprint density at radius 1 is 1.12 bits per heavy atom. The van der Waals surface area contributed by atoms with Gasteiger partial charge in [0.15, 0.2) is 0 Å². The first-order valence-electron chi connectivity index (χ1n) is 5.41. The van der Waals surface area contributed by atoms with E-state index in [0.717, 1.165) is 27.6 Å². The van der Waals surface area contributed by atoms with Crippen LogP contribution in [0.1, 0.15) is 36.1 Å². The number of phenols is 1. The molecule has 1 aromatic rings. The van der Waals surface area contributed by atoms with E-state index in [4.69, 9.17) is 5.73 Å². The van der Waals surface area contributed by atoms with E-state index in [0.29, 0.717) is 5.75 Å². The summed E-state index contributed by atoms with van der Waals surface area (Å²) >= 11 is 3.43. The molecule has 2 nitrogen and oxygen atoms in total. The Morgan fingerprint density at radius 2 is 1.62 bits per heavy atom. The van der Waals surface area contributed by atoms with E-state index >= 15 is 0 Å². The molecule has 0 aliphatic rings. The van der Waals surface area contributed by atoms with Crippen molar-refractivity contribution in [2.45, 2.75) is 46.6 Å². The molecule has 0 aliphatic carbocycles. The molecule has 1 rings (SSSR count). The first kappa shape index (κ1) is 13.5. The Morgan fingerprint density at radius 3 is 2.06 bits per heavy atom. The highest BCUT2D eigenvalue weighted by molar-refractivity contribution is 9.10. The predicted octanol–water partition coefficient (Wildman–Crippen LogP) is 3.36. The molecule has 0 spiro atoms. The molecule has 0 aliphatic heterocycles. The van der Waals surface area contributed by atoms with Gasteiger partial charge in [-0.25, -0.2) is 0 Å². The molecule has 0 unspecified atom stereocenters. The van der Waals surface area contributed by atoms with Gasteiger partial charge >= 0.3 is 0 Å². The minimum absolute atomic E-state index is 0.238. The second kappa shape index (κ2) is 4.38. The molecule has 0 saturated carbocycles. The van der Waals surface area contributed by atoms with Crippen molar-refractivity contribution in [1.29, 1.82) is 0 Å². The third-order valence-electron chi connectivity index (χ3n) is 2.99. The smallest absolute Gasteiger partial charge is 0.133 e. The van der Waals surface area contributed by atoms with Crippen molar-refractivity contribution < 1.29 is 5.11 Å². The highest BCUT2D eigenvalue weighted by Gasteiger charge is 2.20. The quantitative estimate of drug-likeness (QED) is 0.875. The van der Waals surface area contributed by atoms with Crippen LogP contribution < -0.4 is 5.73 Å². The van der Waals surface area contributed by atoms with Gasteiger partial charge in [0.05, 0.1) is 4.47 Å². The standard InChI is InChI=1S/C13H20BrNO/c1-7-8(2)12(16)11(14)9(3)10(7)6-13(4,5)15/h16H,6,15H2,1-5H3. The van der Waals surface area contributed by atoms with Crippen LogP contribution in [0.5, 0.6) is 5.75 Å². The largest absolute Gasteiger partial charge is 0.506 e. The van der Waals surface area contributed by atoms with Crippen LogP contribution >= 0.6 is 15.9 Å². The molecule has 0 radical (unpaired) electrons. The van der Waals surface area contributed by atoms with E-state index in [1.165, 1.54) is 5.56 Å². The number of benzene rings is 1. The zero-order valence-corrected chi connectivity index (χ0v) is 12.2. The molecule has 0 aromatic heterocycles. The van der Waals surface area contributed by atoms with Crippen LogP contribution in [0.4, 0.5) is 0 Å². The second-order valence-electron chi connectivity index (χ2n) is 5.18. The summed E-state index contributed by atoms with van der Waals surface area (Å²) in [7, 11) is 0. The van der Waals surface area contributed by atoms with Crippen LogP contribution in [0.15, 0.2) is 4.47 Å². The number of aromatic hydroxyl groups is 1. The third-order valence-corrected chi connectivity index (χ3v) is 3.96. The number of hydrogen-bond donors (Lipinski definition) is 2. The Bertz CT molecular complexity index is 390. The Labute approximate surface area is 106 Å². The maximum Gasteiger partial charge on any atom is 0.133 e. The van der Waals surface area contributed by atoms with Gasteiger partial charge in [-0.2, -0.15) is 0 Å². The average Bonchev–Trinajstić information content (AvgIpc) is 2.17. The fourth-order valence-corrected chi connectivity index (χ4v) is 2.42. The number of phenolic OH excluding ortho intramolecular Hbond substituents is 1. The zero-order chi connectivity index (χ0) is 12.7. The van der Waals surface area contributed by atoms with Crippen molar-refractivity contribution in [3.05, 3.63) is 26.7 Å². The van der Waals surface area contributed by atoms with Crippen molar-refractivity contribution in [2.24, 2.45) is 5.73 Å². The van der Waals surface area contributed by atoms with Gasteiger partial charge in [0.25, 0.3) is 0 Å². The summed E-state index contributed by atoms with van der Waals surface area (Å²) in [5.74, 6) is 0.341. The van der Waals surface area contributed by atoms with Crippen LogP contribution in [-0.4, -0.2) is 10.6 Å². The lowest BCUT2D eigenvalue weighted by molar-refractivity contribution is 0.464. The van der Waals surface area contributed by atoms with Gasteiger partial charge in [0.1, 0.15) is 5.75 Å². The SMILES string of the molecule is Cc1c(C)c(CC(C)(C)N)c(C)c(Br)c1O. The second-order valence-corrected chi connectivity index (χ2v) is 5.97. The molecule has 90 valence electrons. The van der Waals surface area contributed by atoms with Gasteiger partial charge in [0.2, 0.25) is 0 Å². The minimum atomic E-state index is -0.238. The van der Waals surface area contributed by atoms with Gasteiger partial charge < -0.3 is 10.8 Å². The Balaban J connectivity index is 3.40.